The lowest BCUT2D eigenvalue weighted by atomic mass is 9.94. The number of oxazole rings is 1. The van der Waals surface area contributed by atoms with E-state index in [2.05, 4.69) is 15.2 Å². The third-order valence-corrected chi connectivity index (χ3v) is 4.90. The molecule has 4 nitrogen and oxygen atoms in total. The van der Waals surface area contributed by atoms with E-state index in [9.17, 15) is 0 Å². The summed E-state index contributed by atoms with van der Waals surface area (Å²) in [6.45, 7) is 3.19. The molecule has 0 spiro atoms. The monoisotopic (exact) mass is 285 g/mol. The van der Waals surface area contributed by atoms with Crippen molar-refractivity contribution in [1.29, 1.82) is 0 Å². The van der Waals surface area contributed by atoms with Gasteiger partial charge in [-0.3, -0.25) is 4.90 Å². The molecule has 1 aromatic carbocycles. The maximum Gasteiger partial charge on any atom is 0.209 e. The van der Waals surface area contributed by atoms with Crippen LogP contribution >= 0.6 is 0 Å². The fraction of sp³-hybridized carbons (Fsp3) is 0.588. The van der Waals surface area contributed by atoms with E-state index in [1.165, 1.54) is 45.2 Å². The molecule has 21 heavy (non-hydrogen) atoms. The van der Waals surface area contributed by atoms with Crippen LogP contribution in [0.1, 0.15) is 38.0 Å². The van der Waals surface area contributed by atoms with Gasteiger partial charge in [0.15, 0.2) is 5.58 Å². The highest BCUT2D eigenvalue weighted by atomic mass is 16.3. The lowest BCUT2D eigenvalue weighted by Gasteiger charge is -2.38. The van der Waals surface area contributed by atoms with Gasteiger partial charge in [-0.15, -0.1) is 0 Å². The molecule has 2 atom stereocenters. The minimum absolute atomic E-state index is 0.649. The normalized spacial score (nSPS) is 27.4. The third kappa shape index (κ3) is 2.70. The number of likely N-dealkylation sites (tertiary alicyclic amines) is 1. The van der Waals surface area contributed by atoms with Crippen LogP contribution in [0.3, 0.4) is 0 Å². The molecular formula is C17H23N3O. The van der Waals surface area contributed by atoms with Gasteiger partial charge in [0, 0.05) is 12.1 Å². The summed E-state index contributed by atoms with van der Waals surface area (Å²) in [4.78, 5) is 7.22. The summed E-state index contributed by atoms with van der Waals surface area (Å²) >= 11 is 0. The highest BCUT2D eigenvalue weighted by molar-refractivity contribution is 5.72. The summed E-state index contributed by atoms with van der Waals surface area (Å²) in [5.74, 6) is 0.862. The van der Waals surface area contributed by atoms with Crippen LogP contribution in [0.25, 0.3) is 11.1 Å². The molecule has 3 heterocycles. The summed E-state index contributed by atoms with van der Waals surface area (Å²) in [7, 11) is 0. The van der Waals surface area contributed by atoms with E-state index < -0.39 is 0 Å². The average Bonchev–Trinajstić information content (AvgIpc) is 3.16. The van der Waals surface area contributed by atoms with E-state index >= 15 is 0 Å². The minimum Gasteiger partial charge on any atom is -0.439 e. The van der Waals surface area contributed by atoms with Crippen molar-refractivity contribution in [3.63, 3.8) is 0 Å². The van der Waals surface area contributed by atoms with Crippen molar-refractivity contribution in [1.82, 2.24) is 15.2 Å². The number of nitrogens with one attached hydrogen (secondary N) is 1. The van der Waals surface area contributed by atoms with Crippen molar-refractivity contribution in [2.24, 2.45) is 0 Å². The van der Waals surface area contributed by atoms with Crippen molar-refractivity contribution in [3.05, 3.63) is 30.2 Å². The van der Waals surface area contributed by atoms with Gasteiger partial charge in [-0.2, -0.15) is 0 Å². The molecule has 2 aliphatic rings. The Hall–Kier alpha value is -1.39. The minimum atomic E-state index is 0.649. The Labute approximate surface area is 125 Å². The Kier molecular flexibility index (Phi) is 3.65. The van der Waals surface area contributed by atoms with E-state index in [1.54, 1.807) is 0 Å². The molecule has 1 aromatic heterocycles. The molecule has 2 unspecified atom stereocenters. The first kappa shape index (κ1) is 13.3. The van der Waals surface area contributed by atoms with Gasteiger partial charge in [-0.25, -0.2) is 4.98 Å². The number of rotatable bonds is 3. The van der Waals surface area contributed by atoms with Crippen molar-refractivity contribution in [2.45, 2.75) is 50.7 Å². The number of fused-ring (bicyclic) bond motifs is 1. The molecule has 2 fully saturated rings. The summed E-state index contributed by atoms with van der Waals surface area (Å²) in [6, 6.07) is 9.35. The first-order chi connectivity index (χ1) is 10.4. The molecule has 4 heteroatoms. The van der Waals surface area contributed by atoms with Crippen molar-refractivity contribution in [3.8, 4) is 0 Å². The summed E-state index contributed by atoms with van der Waals surface area (Å²) in [5.41, 5.74) is 1.88. The lowest BCUT2D eigenvalue weighted by Crippen LogP contribution is -2.49. The Bertz CT molecular complexity index is 570. The van der Waals surface area contributed by atoms with E-state index in [1.807, 2.05) is 24.3 Å². The number of aromatic nitrogens is 1. The van der Waals surface area contributed by atoms with Gasteiger partial charge in [0.05, 0.1) is 6.54 Å². The zero-order chi connectivity index (χ0) is 14.1. The number of benzene rings is 1. The number of hydrogen-bond donors (Lipinski definition) is 1. The van der Waals surface area contributed by atoms with Crippen LogP contribution in [0.2, 0.25) is 0 Å². The van der Waals surface area contributed by atoms with Gasteiger partial charge in [0.25, 0.3) is 0 Å². The second-order valence-electron chi connectivity index (χ2n) is 6.31. The first-order valence-corrected chi connectivity index (χ1v) is 8.22. The topological polar surface area (TPSA) is 41.3 Å². The quantitative estimate of drug-likeness (QED) is 0.941. The van der Waals surface area contributed by atoms with Gasteiger partial charge in [0.2, 0.25) is 5.89 Å². The molecule has 4 rings (SSSR count). The summed E-state index contributed by atoms with van der Waals surface area (Å²) < 4.78 is 5.91. The molecule has 112 valence electrons. The largest absolute Gasteiger partial charge is 0.439 e. The standard InChI is InChI=1S/C17H23N3O/c1-2-9-16-14(6-1)19-17(21-16)12-20-11-4-3-8-15(20)13-7-5-10-18-13/h1-2,6,9,13,15,18H,3-5,7-8,10-12H2. The van der Waals surface area contributed by atoms with Gasteiger partial charge >= 0.3 is 0 Å². The number of hydrogen-bond acceptors (Lipinski definition) is 4. The van der Waals surface area contributed by atoms with Crippen LogP contribution in [0.15, 0.2) is 28.7 Å². The van der Waals surface area contributed by atoms with Crippen molar-refractivity contribution < 1.29 is 4.42 Å². The third-order valence-electron chi connectivity index (χ3n) is 4.90. The highest BCUT2D eigenvalue weighted by Crippen LogP contribution is 2.26. The van der Waals surface area contributed by atoms with Crippen LogP contribution in [0.5, 0.6) is 0 Å². The Morgan fingerprint density at radius 2 is 2.14 bits per heavy atom. The SMILES string of the molecule is c1ccc2oc(CN3CCCCC3C3CCCN3)nc2c1. The maximum atomic E-state index is 5.91. The molecule has 2 aliphatic heterocycles. The Morgan fingerprint density at radius 3 is 3.00 bits per heavy atom. The molecular weight excluding hydrogens is 262 g/mol. The number of para-hydroxylation sites is 2. The van der Waals surface area contributed by atoms with Gasteiger partial charge in [0.1, 0.15) is 5.52 Å². The van der Waals surface area contributed by atoms with Crippen molar-refractivity contribution >= 4 is 11.1 Å². The van der Waals surface area contributed by atoms with Gasteiger partial charge < -0.3 is 9.73 Å². The van der Waals surface area contributed by atoms with E-state index in [4.69, 9.17) is 4.42 Å². The Morgan fingerprint density at radius 1 is 1.19 bits per heavy atom. The molecule has 0 bridgehead atoms. The molecule has 0 amide bonds. The maximum absolute atomic E-state index is 5.91. The van der Waals surface area contributed by atoms with Crippen LogP contribution in [-0.2, 0) is 6.54 Å². The van der Waals surface area contributed by atoms with Crippen LogP contribution in [0, 0.1) is 0 Å². The van der Waals surface area contributed by atoms with E-state index in [-0.39, 0.29) is 0 Å². The molecule has 2 aromatic rings. The molecule has 1 N–H and O–H groups in total. The fourth-order valence-electron chi connectivity index (χ4n) is 3.87. The number of piperidine rings is 1. The van der Waals surface area contributed by atoms with Crippen LogP contribution in [0.4, 0.5) is 0 Å². The molecule has 2 saturated heterocycles. The zero-order valence-corrected chi connectivity index (χ0v) is 12.4. The Balaban J connectivity index is 1.53. The lowest BCUT2D eigenvalue weighted by molar-refractivity contribution is 0.103. The highest BCUT2D eigenvalue weighted by Gasteiger charge is 2.32. The number of nitrogens with zero attached hydrogens (tertiary/aromatic N) is 2. The van der Waals surface area contributed by atoms with Crippen LogP contribution in [-0.4, -0.2) is 35.1 Å². The first-order valence-electron chi connectivity index (χ1n) is 8.22. The smallest absolute Gasteiger partial charge is 0.209 e. The second kappa shape index (κ2) is 5.78. The van der Waals surface area contributed by atoms with E-state index in [0.717, 1.165) is 23.5 Å². The summed E-state index contributed by atoms with van der Waals surface area (Å²) in [5, 5.41) is 3.68. The van der Waals surface area contributed by atoms with Crippen molar-refractivity contribution in [2.75, 3.05) is 13.1 Å². The fourth-order valence-corrected chi connectivity index (χ4v) is 3.87. The zero-order valence-electron chi connectivity index (χ0n) is 12.4. The predicted molar refractivity (Wildman–Crippen MR) is 83.1 cm³/mol. The van der Waals surface area contributed by atoms with Crippen LogP contribution < -0.4 is 5.32 Å². The average molecular weight is 285 g/mol. The molecule has 0 aliphatic carbocycles. The van der Waals surface area contributed by atoms with E-state index in [0.29, 0.717) is 12.1 Å². The van der Waals surface area contributed by atoms with Gasteiger partial charge in [-0.05, 0) is 50.9 Å². The predicted octanol–water partition coefficient (Wildman–Crippen LogP) is 2.93. The second-order valence-corrected chi connectivity index (χ2v) is 6.31. The van der Waals surface area contributed by atoms with Gasteiger partial charge in [-0.1, -0.05) is 18.6 Å². The molecule has 0 radical (unpaired) electrons. The summed E-state index contributed by atoms with van der Waals surface area (Å²) in [6.07, 6.45) is 6.58. The molecule has 0 saturated carbocycles.